The van der Waals surface area contributed by atoms with E-state index in [1.54, 1.807) is 6.92 Å². The van der Waals surface area contributed by atoms with Crippen LogP contribution in [-0.2, 0) is 24.3 Å². The standard InChI is InChI=1S/C14H18N2O8S/c1-8-14(24-9(2)17)12(7-13(18)23-8)15-25(21,22)11-5-3-10(4-6-11)16(19)20/h3-6,8,12-15,18H,7H2,1-2H3/t8-,12+,13+,14-/m1/s1. The van der Waals surface area contributed by atoms with Crippen molar-refractivity contribution >= 4 is 21.7 Å². The quantitative estimate of drug-likeness (QED) is 0.425. The van der Waals surface area contributed by atoms with Crippen molar-refractivity contribution in [2.45, 2.75) is 49.7 Å². The van der Waals surface area contributed by atoms with E-state index < -0.39 is 45.5 Å². The number of rotatable bonds is 5. The van der Waals surface area contributed by atoms with Gasteiger partial charge in [-0.1, -0.05) is 0 Å². The zero-order valence-corrected chi connectivity index (χ0v) is 14.3. The summed E-state index contributed by atoms with van der Waals surface area (Å²) in [5.41, 5.74) is -0.244. The molecular weight excluding hydrogens is 356 g/mol. The molecule has 25 heavy (non-hydrogen) atoms. The van der Waals surface area contributed by atoms with E-state index in [1.165, 1.54) is 6.92 Å². The molecule has 0 radical (unpaired) electrons. The first-order valence-electron chi connectivity index (χ1n) is 7.37. The Kier molecular flexibility index (Phi) is 5.72. The molecule has 0 unspecified atom stereocenters. The van der Waals surface area contributed by atoms with E-state index in [-0.39, 0.29) is 17.0 Å². The normalized spacial score (nSPS) is 26.8. The second kappa shape index (κ2) is 7.44. The van der Waals surface area contributed by atoms with Crippen molar-refractivity contribution < 1.29 is 32.7 Å². The molecule has 1 aliphatic heterocycles. The molecule has 1 fully saturated rings. The number of sulfonamides is 1. The molecule has 1 saturated heterocycles. The smallest absolute Gasteiger partial charge is 0.303 e. The van der Waals surface area contributed by atoms with Crippen LogP contribution in [0.25, 0.3) is 0 Å². The van der Waals surface area contributed by atoms with Gasteiger partial charge in [-0.2, -0.15) is 0 Å². The average Bonchev–Trinajstić information content (AvgIpc) is 2.50. The van der Waals surface area contributed by atoms with Crippen LogP contribution in [0.3, 0.4) is 0 Å². The lowest BCUT2D eigenvalue weighted by molar-refractivity contribution is -0.384. The molecule has 0 bridgehead atoms. The number of carbonyl (C=O) groups is 1. The predicted molar refractivity (Wildman–Crippen MR) is 83.9 cm³/mol. The van der Waals surface area contributed by atoms with Gasteiger partial charge in [-0.15, -0.1) is 0 Å². The van der Waals surface area contributed by atoms with E-state index in [0.717, 1.165) is 24.3 Å². The molecular formula is C14H18N2O8S. The Labute approximate surface area is 143 Å². The van der Waals surface area contributed by atoms with Crippen LogP contribution in [0.15, 0.2) is 29.2 Å². The van der Waals surface area contributed by atoms with E-state index in [0.29, 0.717) is 0 Å². The molecule has 0 spiro atoms. The van der Waals surface area contributed by atoms with Crippen LogP contribution in [0.5, 0.6) is 0 Å². The monoisotopic (exact) mass is 374 g/mol. The summed E-state index contributed by atoms with van der Waals surface area (Å²) in [4.78, 5) is 21.1. The van der Waals surface area contributed by atoms with E-state index in [1.807, 2.05) is 0 Å². The number of carbonyl (C=O) groups excluding carboxylic acids is 1. The molecule has 138 valence electrons. The van der Waals surface area contributed by atoms with Crippen molar-refractivity contribution in [3.05, 3.63) is 34.4 Å². The minimum absolute atomic E-state index is 0.117. The lowest BCUT2D eigenvalue weighted by Gasteiger charge is -2.38. The molecule has 0 saturated carbocycles. The molecule has 11 heteroatoms. The maximum Gasteiger partial charge on any atom is 0.303 e. The Hall–Kier alpha value is -2.08. The molecule has 0 amide bonds. The summed E-state index contributed by atoms with van der Waals surface area (Å²) in [6, 6.07) is 3.42. The fourth-order valence-electron chi connectivity index (χ4n) is 2.56. The third-order valence-electron chi connectivity index (χ3n) is 3.65. The highest BCUT2D eigenvalue weighted by Gasteiger charge is 2.40. The van der Waals surface area contributed by atoms with Crippen LogP contribution in [-0.4, -0.2) is 49.0 Å². The van der Waals surface area contributed by atoms with Gasteiger partial charge in [-0.3, -0.25) is 14.9 Å². The lowest BCUT2D eigenvalue weighted by atomic mass is 10.0. The summed E-state index contributed by atoms with van der Waals surface area (Å²) in [6.07, 6.45) is -2.98. The number of aliphatic hydroxyl groups is 1. The molecule has 1 aromatic rings. The molecule has 10 nitrogen and oxygen atoms in total. The molecule has 2 rings (SSSR count). The van der Waals surface area contributed by atoms with Crippen molar-refractivity contribution in [1.82, 2.24) is 4.72 Å². The molecule has 4 atom stereocenters. The van der Waals surface area contributed by atoms with Crippen molar-refractivity contribution in [1.29, 1.82) is 0 Å². The van der Waals surface area contributed by atoms with Gasteiger partial charge in [0.15, 0.2) is 6.29 Å². The first-order valence-corrected chi connectivity index (χ1v) is 8.86. The third kappa shape index (κ3) is 4.72. The Morgan fingerprint density at radius 1 is 1.40 bits per heavy atom. The number of esters is 1. The van der Waals surface area contributed by atoms with Crippen LogP contribution < -0.4 is 4.72 Å². The number of hydrogen-bond acceptors (Lipinski definition) is 8. The van der Waals surface area contributed by atoms with Crippen molar-refractivity contribution in [2.24, 2.45) is 0 Å². The van der Waals surface area contributed by atoms with Crippen LogP contribution in [0.4, 0.5) is 5.69 Å². The zero-order chi connectivity index (χ0) is 18.8. The number of nitro benzene ring substituents is 1. The molecule has 1 aromatic carbocycles. The minimum Gasteiger partial charge on any atom is -0.458 e. The zero-order valence-electron chi connectivity index (χ0n) is 13.5. The van der Waals surface area contributed by atoms with Crippen LogP contribution in [0.1, 0.15) is 20.3 Å². The molecule has 2 N–H and O–H groups in total. The van der Waals surface area contributed by atoms with Gasteiger partial charge in [0.05, 0.1) is 22.0 Å². The summed E-state index contributed by atoms with van der Waals surface area (Å²) in [6.45, 7) is 2.73. The maximum absolute atomic E-state index is 12.5. The summed E-state index contributed by atoms with van der Waals surface area (Å²) in [5, 5.41) is 20.3. The fraction of sp³-hybridized carbons (Fsp3) is 0.500. The van der Waals surface area contributed by atoms with Crippen LogP contribution >= 0.6 is 0 Å². The van der Waals surface area contributed by atoms with Gasteiger partial charge in [-0.25, -0.2) is 13.1 Å². The average molecular weight is 374 g/mol. The van der Waals surface area contributed by atoms with Gasteiger partial charge in [0.25, 0.3) is 5.69 Å². The Bertz CT molecular complexity index is 749. The topological polar surface area (TPSA) is 145 Å². The molecule has 0 aromatic heterocycles. The highest BCUT2D eigenvalue weighted by molar-refractivity contribution is 7.89. The second-order valence-corrected chi connectivity index (χ2v) is 7.30. The van der Waals surface area contributed by atoms with Crippen LogP contribution in [0.2, 0.25) is 0 Å². The molecule has 1 heterocycles. The maximum atomic E-state index is 12.5. The summed E-state index contributed by atoms with van der Waals surface area (Å²) in [7, 11) is -4.05. The van der Waals surface area contributed by atoms with Crippen LogP contribution in [0, 0.1) is 10.1 Å². The predicted octanol–water partition coefficient (Wildman–Crippen LogP) is 0.301. The Balaban J connectivity index is 2.23. The van der Waals surface area contributed by atoms with Gasteiger partial charge < -0.3 is 14.6 Å². The highest BCUT2D eigenvalue weighted by Crippen LogP contribution is 2.24. The van der Waals surface area contributed by atoms with E-state index >= 15 is 0 Å². The third-order valence-corrected chi connectivity index (χ3v) is 5.16. The van der Waals surface area contributed by atoms with Crippen molar-refractivity contribution in [2.75, 3.05) is 0 Å². The fourth-order valence-corrected chi connectivity index (χ4v) is 3.82. The number of nitrogens with one attached hydrogen (secondary N) is 1. The summed E-state index contributed by atoms with van der Waals surface area (Å²) >= 11 is 0. The number of hydrogen-bond donors (Lipinski definition) is 2. The van der Waals surface area contributed by atoms with Gasteiger partial charge in [0.2, 0.25) is 10.0 Å². The van der Waals surface area contributed by atoms with E-state index in [9.17, 15) is 28.4 Å². The Morgan fingerprint density at radius 3 is 2.52 bits per heavy atom. The number of nitrogens with zero attached hydrogens (tertiary/aromatic N) is 1. The Morgan fingerprint density at radius 2 is 2.00 bits per heavy atom. The number of benzene rings is 1. The van der Waals surface area contributed by atoms with Crippen molar-refractivity contribution in [3.8, 4) is 0 Å². The minimum atomic E-state index is -4.05. The first-order chi connectivity index (χ1) is 11.6. The number of non-ortho nitro benzene ring substituents is 1. The van der Waals surface area contributed by atoms with E-state index in [4.69, 9.17) is 9.47 Å². The first kappa shape index (κ1) is 19.2. The molecule has 0 aliphatic carbocycles. The number of aliphatic hydroxyl groups excluding tert-OH is 1. The van der Waals surface area contributed by atoms with Gasteiger partial charge >= 0.3 is 5.97 Å². The number of nitro groups is 1. The summed E-state index contributed by atoms with van der Waals surface area (Å²) in [5.74, 6) is -0.614. The van der Waals surface area contributed by atoms with Gasteiger partial charge in [0.1, 0.15) is 6.10 Å². The second-order valence-electron chi connectivity index (χ2n) is 5.58. The SMILES string of the molecule is CC(=O)O[C@H]1[C@@H](NS(=O)(=O)c2ccc([N+](=O)[O-])cc2)C[C@@H](O)O[C@@H]1C. The largest absolute Gasteiger partial charge is 0.458 e. The van der Waals surface area contributed by atoms with Crippen molar-refractivity contribution in [3.63, 3.8) is 0 Å². The van der Waals surface area contributed by atoms with E-state index in [2.05, 4.69) is 4.72 Å². The number of ether oxygens (including phenoxy) is 2. The molecule has 1 aliphatic rings. The van der Waals surface area contributed by atoms with Gasteiger partial charge in [-0.05, 0) is 19.1 Å². The lowest BCUT2D eigenvalue weighted by Crippen LogP contribution is -2.56. The highest BCUT2D eigenvalue weighted by atomic mass is 32.2. The van der Waals surface area contributed by atoms with Gasteiger partial charge in [0, 0.05) is 25.5 Å². The summed E-state index contributed by atoms with van der Waals surface area (Å²) < 4.78 is 37.6.